The molecule has 1 aliphatic heterocycles. The average molecular weight is 412 g/mol. The second kappa shape index (κ2) is 8.42. The second-order valence-electron chi connectivity index (χ2n) is 6.68. The van der Waals surface area contributed by atoms with Gasteiger partial charge in [-0.2, -0.15) is 5.01 Å². The molecule has 154 valence electrons. The number of anilines is 2. The summed E-state index contributed by atoms with van der Waals surface area (Å²) in [7, 11) is 0. The first-order valence-electron chi connectivity index (χ1n) is 9.51. The Hall–Kier alpha value is -4.59. The molecule has 2 heterocycles. The summed E-state index contributed by atoms with van der Waals surface area (Å²) in [5.41, 5.74) is 13.6. The van der Waals surface area contributed by atoms with E-state index in [1.165, 1.54) is 9.69 Å². The highest BCUT2D eigenvalue weighted by Gasteiger charge is 2.28. The van der Waals surface area contributed by atoms with Crippen LogP contribution in [0.5, 0.6) is 0 Å². The summed E-state index contributed by atoms with van der Waals surface area (Å²) in [4.78, 5) is 25.2. The molecule has 0 radical (unpaired) electrons. The van der Waals surface area contributed by atoms with Gasteiger partial charge in [-0.1, -0.05) is 54.6 Å². The van der Waals surface area contributed by atoms with E-state index in [0.717, 1.165) is 0 Å². The van der Waals surface area contributed by atoms with E-state index in [2.05, 4.69) is 10.2 Å². The summed E-state index contributed by atoms with van der Waals surface area (Å²) in [5, 5.41) is 8.24. The summed E-state index contributed by atoms with van der Waals surface area (Å²) in [6, 6.07) is 18.2. The third-order valence-corrected chi connectivity index (χ3v) is 4.63. The maximum absolute atomic E-state index is 12.6. The molecule has 3 aromatic rings. The Balaban J connectivity index is 1.49. The number of nitrogens with zero attached hydrogens (tertiary/aromatic N) is 3. The van der Waals surface area contributed by atoms with Crippen molar-refractivity contribution in [2.75, 3.05) is 10.7 Å². The number of benzene rings is 2. The molecule has 5 N–H and O–H groups in total. The number of carbonyl (C=O) groups excluding carboxylic acids is 1. The monoisotopic (exact) mass is 412 g/mol. The normalized spacial score (nSPS) is 15.5. The fourth-order valence-corrected chi connectivity index (χ4v) is 3.09. The van der Waals surface area contributed by atoms with E-state index in [9.17, 15) is 9.59 Å². The molecule has 31 heavy (non-hydrogen) atoms. The van der Waals surface area contributed by atoms with Gasteiger partial charge in [0.1, 0.15) is 5.82 Å². The molecular formula is C23H20N6O2. The number of hydrogen-bond acceptors (Lipinski definition) is 5. The zero-order valence-corrected chi connectivity index (χ0v) is 16.5. The largest absolute Gasteiger partial charge is 0.383 e. The number of carbonyl (C=O) groups is 1. The van der Waals surface area contributed by atoms with Crippen LogP contribution in [0.25, 0.3) is 11.8 Å². The fraction of sp³-hybridized carbons (Fsp3) is 0. The van der Waals surface area contributed by atoms with E-state index in [1.807, 2.05) is 36.4 Å². The lowest BCUT2D eigenvalue weighted by Crippen LogP contribution is -2.21. The molecule has 2 aromatic carbocycles. The number of nitrogens with two attached hydrogens (primary N) is 2. The van der Waals surface area contributed by atoms with Crippen molar-refractivity contribution >= 4 is 29.3 Å². The number of rotatable bonds is 5. The van der Waals surface area contributed by atoms with Crippen LogP contribution in [0.15, 0.2) is 100 Å². The van der Waals surface area contributed by atoms with Crippen molar-refractivity contribution in [1.29, 1.82) is 0 Å². The summed E-state index contributed by atoms with van der Waals surface area (Å²) < 4.78 is 1.38. The van der Waals surface area contributed by atoms with Crippen LogP contribution in [-0.4, -0.2) is 21.5 Å². The number of H-pyrrole nitrogens is 1. The molecule has 1 amide bonds. The van der Waals surface area contributed by atoms with E-state index in [1.54, 1.807) is 54.6 Å². The number of allylic oxidation sites excluding steroid dienone is 4. The van der Waals surface area contributed by atoms with Gasteiger partial charge in [0.25, 0.3) is 11.5 Å². The fourth-order valence-electron chi connectivity index (χ4n) is 3.09. The van der Waals surface area contributed by atoms with Gasteiger partial charge in [-0.15, -0.1) is 5.10 Å². The minimum atomic E-state index is -0.307. The van der Waals surface area contributed by atoms with Crippen LogP contribution in [0.1, 0.15) is 5.56 Å². The Labute approximate surface area is 178 Å². The average Bonchev–Trinajstić information content (AvgIpc) is 3.24. The summed E-state index contributed by atoms with van der Waals surface area (Å²) >= 11 is 0. The Kier molecular flexibility index (Phi) is 5.35. The van der Waals surface area contributed by atoms with Crippen LogP contribution in [0, 0.1) is 0 Å². The number of hydrogen-bond donors (Lipinski definition) is 3. The number of aromatic nitrogens is 2. The molecule has 4 rings (SSSR count). The van der Waals surface area contributed by atoms with Crippen molar-refractivity contribution in [3.8, 4) is 5.69 Å². The quantitative estimate of drug-likeness (QED) is 0.440. The number of amidine groups is 1. The second-order valence-corrected chi connectivity index (χ2v) is 6.68. The van der Waals surface area contributed by atoms with Crippen molar-refractivity contribution in [2.24, 2.45) is 10.8 Å². The summed E-state index contributed by atoms with van der Waals surface area (Å²) in [6.45, 7) is 0. The molecule has 8 nitrogen and oxygen atoms in total. The lowest BCUT2D eigenvalue weighted by atomic mass is 10.2. The molecular weight excluding hydrogens is 392 g/mol. The first-order chi connectivity index (χ1) is 15.1. The van der Waals surface area contributed by atoms with E-state index in [4.69, 9.17) is 11.5 Å². The van der Waals surface area contributed by atoms with Crippen LogP contribution in [0.3, 0.4) is 0 Å². The zero-order chi connectivity index (χ0) is 21.8. The van der Waals surface area contributed by atoms with Gasteiger partial charge in [0.2, 0.25) is 0 Å². The molecule has 0 spiro atoms. The Morgan fingerprint density at radius 2 is 1.48 bits per heavy atom. The molecule has 1 aromatic heterocycles. The van der Waals surface area contributed by atoms with Gasteiger partial charge in [-0.3, -0.25) is 14.7 Å². The molecule has 0 saturated carbocycles. The smallest absolute Gasteiger partial charge is 0.282 e. The van der Waals surface area contributed by atoms with Crippen LogP contribution in [0.2, 0.25) is 0 Å². The van der Waals surface area contributed by atoms with Gasteiger partial charge < -0.3 is 11.5 Å². The molecule has 0 atom stereocenters. The first kappa shape index (κ1) is 19.7. The number of hydrazone groups is 1. The van der Waals surface area contributed by atoms with Gasteiger partial charge in [0.15, 0.2) is 5.84 Å². The third-order valence-electron chi connectivity index (χ3n) is 4.63. The Morgan fingerprint density at radius 1 is 0.839 bits per heavy atom. The molecule has 0 bridgehead atoms. The highest BCUT2D eigenvalue weighted by atomic mass is 16.2. The van der Waals surface area contributed by atoms with Crippen molar-refractivity contribution in [2.45, 2.75) is 0 Å². The SMILES string of the molecule is NC1=NN(c2ccccc2)C(=O)\C1=C/C=C/C=C/c1c(N)[nH]n(-c2ccccc2)c1=O. The maximum atomic E-state index is 12.6. The predicted octanol–water partition coefficient (Wildman–Crippen LogP) is 2.56. The van der Waals surface area contributed by atoms with E-state index >= 15 is 0 Å². The lowest BCUT2D eigenvalue weighted by Gasteiger charge is -2.10. The predicted molar refractivity (Wildman–Crippen MR) is 123 cm³/mol. The van der Waals surface area contributed by atoms with Gasteiger partial charge in [-0.05, 0) is 36.4 Å². The molecule has 8 heteroatoms. The number of nitrogens with one attached hydrogen (secondary N) is 1. The van der Waals surface area contributed by atoms with Crippen molar-refractivity contribution in [1.82, 2.24) is 9.78 Å². The number of nitrogen functional groups attached to an aromatic ring is 1. The van der Waals surface area contributed by atoms with Crippen LogP contribution >= 0.6 is 0 Å². The molecule has 1 aliphatic rings. The molecule has 0 unspecified atom stereocenters. The van der Waals surface area contributed by atoms with Crippen LogP contribution in [0.4, 0.5) is 11.5 Å². The number of aromatic amines is 1. The van der Waals surface area contributed by atoms with Gasteiger partial charge in [0.05, 0.1) is 22.5 Å². The highest BCUT2D eigenvalue weighted by molar-refractivity contribution is 6.29. The van der Waals surface area contributed by atoms with Crippen molar-refractivity contribution in [3.63, 3.8) is 0 Å². The minimum Gasteiger partial charge on any atom is -0.383 e. The number of para-hydroxylation sites is 2. The van der Waals surface area contributed by atoms with Crippen molar-refractivity contribution in [3.05, 3.63) is 106 Å². The molecule has 0 fully saturated rings. The van der Waals surface area contributed by atoms with Crippen molar-refractivity contribution < 1.29 is 4.79 Å². The Morgan fingerprint density at radius 3 is 2.16 bits per heavy atom. The first-order valence-corrected chi connectivity index (χ1v) is 9.51. The Bertz CT molecular complexity index is 1280. The van der Waals surface area contributed by atoms with Crippen LogP contribution in [-0.2, 0) is 4.79 Å². The summed E-state index contributed by atoms with van der Waals surface area (Å²) in [5.74, 6) is 0.0961. The van der Waals surface area contributed by atoms with Gasteiger partial charge >= 0.3 is 0 Å². The minimum absolute atomic E-state index is 0.142. The zero-order valence-electron chi connectivity index (χ0n) is 16.5. The van der Waals surface area contributed by atoms with Crippen LogP contribution < -0.4 is 22.0 Å². The molecule has 0 saturated heterocycles. The lowest BCUT2D eigenvalue weighted by molar-refractivity contribution is -0.114. The van der Waals surface area contributed by atoms with Gasteiger partial charge in [0, 0.05) is 0 Å². The van der Waals surface area contributed by atoms with E-state index in [-0.39, 0.29) is 23.1 Å². The number of amides is 1. The van der Waals surface area contributed by atoms with Gasteiger partial charge in [-0.25, -0.2) is 4.68 Å². The third kappa shape index (κ3) is 3.95. The summed E-state index contributed by atoms with van der Waals surface area (Å²) in [6.07, 6.45) is 8.18. The standard InChI is InChI=1S/C23H20N6O2/c24-20-18(22(30)28(26-20)16-10-4-1-5-11-16)14-8-3-9-15-19-21(25)27-29(23(19)31)17-12-6-2-7-13-17/h1-15,26H,24H2,(H2,25,27)/b9-3+,14-8+,19-15-. The van der Waals surface area contributed by atoms with E-state index in [0.29, 0.717) is 22.5 Å². The maximum Gasteiger partial charge on any atom is 0.282 e. The topological polar surface area (TPSA) is 122 Å². The molecule has 0 aliphatic carbocycles. The van der Waals surface area contributed by atoms with E-state index < -0.39 is 0 Å². The highest BCUT2D eigenvalue weighted by Crippen LogP contribution is 2.21.